The van der Waals surface area contributed by atoms with Crippen molar-refractivity contribution in [1.29, 1.82) is 0 Å². The average Bonchev–Trinajstić information content (AvgIpc) is 2.98. The molecule has 0 spiro atoms. The number of nitrogens with zero attached hydrogens (tertiary/aromatic N) is 2. The minimum absolute atomic E-state index is 0.103. The van der Waals surface area contributed by atoms with Crippen LogP contribution in [0.4, 0.5) is 18.9 Å². The molecule has 0 aliphatic carbocycles. The first-order valence-electron chi connectivity index (χ1n) is 13.9. The maximum Gasteiger partial charge on any atom is 0.417 e. The molecule has 1 aliphatic rings. The number of ether oxygens (including phenoxy) is 1. The van der Waals surface area contributed by atoms with Gasteiger partial charge in [0.05, 0.1) is 16.8 Å². The summed E-state index contributed by atoms with van der Waals surface area (Å²) in [6.45, 7) is 3.80. The molecular weight excluding hydrogens is 583 g/mol. The Morgan fingerprint density at radius 2 is 1.79 bits per heavy atom. The van der Waals surface area contributed by atoms with E-state index in [1.807, 2.05) is 44.2 Å². The van der Waals surface area contributed by atoms with Crippen molar-refractivity contribution >= 4 is 21.7 Å². The van der Waals surface area contributed by atoms with E-state index in [1.54, 1.807) is 12.1 Å². The fraction of sp³-hybridized carbons (Fsp3) is 0.355. The number of nitrogens with one attached hydrogen (secondary N) is 1. The quantitative estimate of drug-likeness (QED) is 0.166. The maximum atomic E-state index is 13.6. The Bertz CT molecular complexity index is 1590. The van der Waals surface area contributed by atoms with Gasteiger partial charge in [0.25, 0.3) is 10.0 Å². The number of hydrogen-bond acceptors (Lipinski definition) is 7. The average molecular weight is 616 g/mol. The number of alkyl halides is 3. The number of sulfonamides is 1. The highest BCUT2D eigenvalue weighted by Crippen LogP contribution is 2.43. The topological polar surface area (TPSA) is 115 Å². The van der Waals surface area contributed by atoms with E-state index in [0.29, 0.717) is 43.5 Å². The first kappa shape index (κ1) is 31.9. The number of carbonyl (C=O) groups is 1. The molecule has 8 nitrogen and oxygen atoms in total. The predicted octanol–water partition coefficient (Wildman–Crippen LogP) is 7.53. The van der Waals surface area contributed by atoms with Crippen molar-refractivity contribution in [1.82, 2.24) is 4.98 Å². The van der Waals surface area contributed by atoms with Gasteiger partial charge in [-0.3, -0.25) is 4.72 Å². The monoisotopic (exact) mass is 615 g/mol. The molecule has 2 heterocycles. The SMILES string of the molecule is CCC[C@@]1(CCc2ccccc2)CC(N=O)=C([C@H](CC)c2cccc(NS(=O)(=O)c3ccc(C(F)(F)F)cn3)c2)C(=O)O1. The van der Waals surface area contributed by atoms with Crippen molar-refractivity contribution in [2.75, 3.05) is 4.72 Å². The summed E-state index contributed by atoms with van der Waals surface area (Å²) in [5.41, 5.74) is 0.0162. The summed E-state index contributed by atoms with van der Waals surface area (Å²) in [5.74, 6) is -1.25. The highest BCUT2D eigenvalue weighted by atomic mass is 32.2. The standard InChI is InChI=1S/C31H32F3N3O5S/c1-3-16-30(17-15-21-9-6-5-7-10-21)19-26(36-39)28(29(38)42-30)25(4-2)22-11-8-12-24(18-22)37-43(40,41)27-14-13-23(20-35-27)31(32,33)34/h5-14,18,20,25,37H,3-4,15-17,19H2,1-2H3/t25-,30-/m1/s1. The zero-order valence-electron chi connectivity index (χ0n) is 23.7. The molecule has 2 atom stereocenters. The van der Waals surface area contributed by atoms with E-state index in [0.717, 1.165) is 18.1 Å². The van der Waals surface area contributed by atoms with E-state index in [1.165, 1.54) is 12.1 Å². The molecule has 0 amide bonds. The van der Waals surface area contributed by atoms with E-state index in [9.17, 15) is 31.3 Å². The Morgan fingerprint density at radius 3 is 2.40 bits per heavy atom. The lowest BCUT2D eigenvalue weighted by Crippen LogP contribution is -2.41. The number of cyclic esters (lactones) is 1. The second kappa shape index (κ2) is 13.1. The van der Waals surface area contributed by atoms with Crippen LogP contribution >= 0.6 is 0 Å². The fourth-order valence-electron chi connectivity index (χ4n) is 5.45. The van der Waals surface area contributed by atoms with Crippen molar-refractivity contribution < 1.29 is 31.1 Å². The predicted molar refractivity (Wildman–Crippen MR) is 155 cm³/mol. The molecule has 1 aromatic heterocycles. The van der Waals surface area contributed by atoms with Crippen LogP contribution in [0, 0.1) is 4.91 Å². The molecule has 0 saturated carbocycles. The molecule has 0 unspecified atom stereocenters. The van der Waals surface area contributed by atoms with Crippen LogP contribution in [0.1, 0.15) is 68.6 Å². The smallest absolute Gasteiger partial charge is 0.417 e. The van der Waals surface area contributed by atoms with Crippen LogP contribution in [0.5, 0.6) is 0 Å². The summed E-state index contributed by atoms with van der Waals surface area (Å²) in [6.07, 6.45) is -1.19. The third-order valence-electron chi connectivity index (χ3n) is 7.49. The van der Waals surface area contributed by atoms with E-state index >= 15 is 0 Å². The molecule has 0 saturated heterocycles. The van der Waals surface area contributed by atoms with Gasteiger partial charge in [-0.2, -0.15) is 21.6 Å². The number of esters is 1. The van der Waals surface area contributed by atoms with E-state index < -0.39 is 44.3 Å². The number of aryl methyl sites for hydroxylation is 1. The second-order valence-electron chi connectivity index (χ2n) is 10.5. The highest BCUT2D eigenvalue weighted by Gasteiger charge is 2.43. The summed E-state index contributed by atoms with van der Waals surface area (Å²) >= 11 is 0. The lowest BCUT2D eigenvalue weighted by atomic mass is 9.79. The maximum absolute atomic E-state index is 13.6. The van der Waals surface area contributed by atoms with Crippen LogP contribution in [0.25, 0.3) is 0 Å². The first-order valence-corrected chi connectivity index (χ1v) is 15.4. The molecular formula is C31H32F3N3O5S. The molecule has 1 N–H and O–H groups in total. The van der Waals surface area contributed by atoms with Crippen molar-refractivity contribution in [2.24, 2.45) is 5.18 Å². The summed E-state index contributed by atoms with van der Waals surface area (Å²) in [6, 6.07) is 17.4. The number of halogens is 3. The van der Waals surface area contributed by atoms with Gasteiger partial charge in [0.1, 0.15) is 5.60 Å². The van der Waals surface area contributed by atoms with Gasteiger partial charge >= 0.3 is 12.1 Å². The van der Waals surface area contributed by atoms with Gasteiger partial charge in [0.2, 0.25) is 0 Å². The second-order valence-corrected chi connectivity index (χ2v) is 12.1. The lowest BCUT2D eigenvalue weighted by molar-refractivity contribution is -0.159. The minimum atomic E-state index is -4.66. The Balaban J connectivity index is 1.60. The number of anilines is 1. The molecule has 1 aliphatic heterocycles. The zero-order chi connectivity index (χ0) is 31.3. The van der Waals surface area contributed by atoms with E-state index in [2.05, 4.69) is 14.9 Å². The molecule has 0 bridgehead atoms. The van der Waals surface area contributed by atoms with Crippen molar-refractivity contribution in [3.8, 4) is 0 Å². The number of aromatic nitrogens is 1. The van der Waals surface area contributed by atoms with Crippen LogP contribution in [0.2, 0.25) is 0 Å². The van der Waals surface area contributed by atoms with Crippen LogP contribution in [-0.4, -0.2) is 25.0 Å². The molecule has 12 heteroatoms. The molecule has 43 heavy (non-hydrogen) atoms. The van der Waals surface area contributed by atoms with Gasteiger partial charge in [0.15, 0.2) is 5.03 Å². The molecule has 2 aromatic carbocycles. The van der Waals surface area contributed by atoms with Gasteiger partial charge in [-0.15, -0.1) is 4.91 Å². The third kappa shape index (κ3) is 7.48. The molecule has 4 rings (SSSR count). The Labute approximate surface area is 248 Å². The number of rotatable bonds is 12. The largest absolute Gasteiger partial charge is 0.455 e. The third-order valence-corrected chi connectivity index (χ3v) is 8.79. The lowest BCUT2D eigenvalue weighted by Gasteiger charge is -2.38. The van der Waals surface area contributed by atoms with Crippen molar-refractivity contribution in [2.45, 2.75) is 75.1 Å². The Hall–Kier alpha value is -4.06. The molecule has 0 fully saturated rings. The van der Waals surface area contributed by atoms with Crippen molar-refractivity contribution in [3.63, 3.8) is 0 Å². The summed E-state index contributed by atoms with van der Waals surface area (Å²) in [5, 5.41) is 2.69. The van der Waals surface area contributed by atoms with Crippen molar-refractivity contribution in [3.05, 3.63) is 106 Å². The van der Waals surface area contributed by atoms with Crippen LogP contribution in [0.15, 0.2) is 94.4 Å². The summed E-state index contributed by atoms with van der Waals surface area (Å²) in [4.78, 5) is 29.2. The normalized spacial score (nSPS) is 18.2. The van der Waals surface area contributed by atoms with Gasteiger partial charge < -0.3 is 4.74 Å². The summed E-state index contributed by atoms with van der Waals surface area (Å²) in [7, 11) is -4.33. The zero-order valence-corrected chi connectivity index (χ0v) is 24.5. The molecule has 3 aromatic rings. The van der Waals surface area contributed by atoms with Gasteiger partial charge in [-0.1, -0.05) is 62.7 Å². The van der Waals surface area contributed by atoms with Gasteiger partial charge in [0, 0.05) is 24.2 Å². The number of hydrogen-bond donors (Lipinski definition) is 1. The van der Waals surface area contributed by atoms with E-state index in [4.69, 9.17) is 4.74 Å². The summed E-state index contributed by atoms with van der Waals surface area (Å²) < 4.78 is 72.8. The Kier molecular flexibility index (Phi) is 9.69. The number of nitroso groups, excluding NO2 is 1. The van der Waals surface area contributed by atoms with Gasteiger partial charge in [-0.25, -0.2) is 9.78 Å². The first-order chi connectivity index (χ1) is 20.4. The van der Waals surface area contributed by atoms with Crippen LogP contribution < -0.4 is 4.72 Å². The Morgan fingerprint density at radius 1 is 1.05 bits per heavy atom. The number of carbonyl (C=O) groups excluding carboxylic acids is 1. The highest BCUT2D eigenvalue weighted by molar-refractivity contribution is 7.92. The number of pyridine rings is 1. The van der Waals surface area contributed by atoms with Crippen LogP contribution in [-0.2, 0) is 32.2 Å². The van der Waals surface area contributed by atoms with E-state index in [-0.39, 0.29) is 23.4 Å². The van der Waals surface area contributed by atoms with Gasteiger partial charge in [-0.05, 0) is 66.3 Å². The fourth-order valence-corrected chi connectivity index (χ4v) is 6.43. The number of benzene rings is 2. The molecule has 228 valence electrons. The molecule has 0 radical (unpaired) electrons. The minimum Gasteiger partial charge on any atom is -0.455 e. The van der Waals surface area contributed by atoms with Crippen LogP contribution in [0.3, 0.4) is 0 Å².